The van der Waals surface area contributed by atoms with Gasteiger partial charge in [0.05, 0.1) is 0 Å². The van der Waals surface area contributed by atoms with E-state index in [4.69, 9.17) is 5.73 Å². The Balaban J connectivity index is 2.32. The van der Waals surface area contributed by atoms with Crippen LogP contribution in [0.1, 0.15) is 36.1 Å². The largest absolute Gasteiger partial charge is 0.382 e. The molecule has 0 aliphatic carbocycles. The van der Waals surface area contributed by atoms with Crippen LogP contribution in [0.5, 0.6) is 0 Å². The summed E-state index contributed by atoms with van der Waals surface area (Å²) in [6, 6.07) is 10.5. The van der Waals surface area contributed by atoms with Gasteiger partial charge in [0, 0.05) is 17.7 Å². The molecule has 0 radical (unpaired) electrons. The first-order valence-corrected chi connectivity index (χ1v) is 5.58. The average molecular weight is 215 g/mol. The lowest BCUT2D eigenvalue weighted by Crippen LogP contribution is -2.00. The van der Waals surface area contributed by atoms with Gasteiger partial charge in [0.2, 0.25) is 0 Å². The number of nitrogen functional groups attached to an aromatic ring is 1. The molecule has 2 rings (SSSR count). The van der Waals surface area contributed by atoms with Crippen LogP contribution in [0.25, 0.3) is 0 Å². The summed E-state index contributed by atoms with van der Waals surface area (Å²) in [5.74, 6) is 0.908. The summed E-state index contributed by atoms with van der Waals surface area (Å²) < 4.78 is 0. The lowest BCUT2D eigenvalue weighted by atomic mass is 9.93. The summed E-state index contributed by atoms with van der Waals surface area (Å²) in [5.41, 5.74) is 9.30. The Morgan fingerprint density at radius 3 is 2.50 bits per heavy atom. The number of benzene rings is 1. The Morgan fingerprint density at radius 2 is 2.00 bits per heavy atom. The second kappa shape index (κ2) is 4.39. The number of hydrogen-bond acceptors (Lipinski definition) is 2. The third kappa shape index (κ3) is 2.08. The lowest BCUT2D eigenvalue weighted by Gasteiger charge is -2.13. The average Bonchev–Trinajstić information content (AvgIpc) is 2.69. The molecule has 1 aromatic carbocycles. The van der Waals surface area contributed by atoms with Crippen LogP contribution in [-0.4, -0.2) is 10.2 Å². The topological polar surface area (TPSA) is 54.7 Å². The van der Waals surface area contributed by atoms with E-state index in [1.807, 2.05) is 6.07 Å². The van der Waals surface area contributed by atoms with Gasteiger partial charge in [-0.3, -0.25) is 5.10 Å². The third-order valence-corrected chi connectivity index (χ3v) is 2.88. The minimum Gasteiger partial charge on any atom is -0.382 e. The van der Waals surface area contributed by atoms with Gasteiger partial charge in [-0.15, -0.1) is 0 Å². The van der Waals surface area contributed by atoms with Gasteiger partial charge in [-0.2, -0.15) is 5.10 Å². The fourth-order valence-corrected chi connectivity index (χ4v) is 1.97. The van der Waals surface area contributed by atoms with Crippen molar-refractivity contribution in [1.82, 2.24) is 10.2 Å². The van der Waals surface area contributed by atoms with E-state index < -0.39 is 0 Å². The molecule has 0 aliphatic heterocycles. The molecule has 0 saturated carbocycles. The highest BCUT2D eigenvalue weighted by atomic mass is 15.2. The molecule has 3 heteroatoms. The van der Waals surface area contributed by atoms with Gasteiger partial charge in [-0.25, -0.2) is 0 Å². The molecule has 1 unspecified atom stereocenters. The maximum Gasteiger partial charge on any atom is 0.145 e. The van der Waals surface area contributed by atoms with Crippen molar-refractivity contribution in [1.29, 1.82) is 0 Å². The zero-order valence-corrected chi connectivity index (χ0v) is 9.70. The summed E-state index contributed by atoms with van der Waals surface area (Å²) in [5, 5.41) is 6.98. The lowest BCUT2D eigenvalue weighted by molar-refractivity contribution is 0.743. The molecule has 16 heavy (non-hydrogen) atoms. The molecule has 0 saturated heterocycles. The number of nitrogens with two attached hydrogens (primary N) is 1. The van der Waals surface area contributed by atoms with Crippen LogP contribution < -0.4 is 5.73 Å². The summed E-state index contributed by atoms with van der Waals surface area (Å²) in [6.45, 7) is 4.26. The molecule has 0 amide bonds. The summed E-state index contributed by atoms with van der Waals surface area (Å²) in [6.07, 6.45) is 1.03. The van der Waals surface area contributed by atoms with Gasteiger partial charge >= 0.3 is 0 Å². The number of aromatic amines is 1. The third-order valence-electron chi connectivity index (χ3n) is 2.88. The molecule has 3 nitrogen and oxygen atoms in total. The first-order chi connectivity index (χ1) is 7.70. The fourth-order valence-electron chi connectivity index (χ4n) is 1.97. The Bertz CT molecular complexity index is 456. The van der Waals surface area contributed by atoms with Gasteiger partial charge in [0.1, 0.15) is 5.82 Å². The minimum absolute atomic E-state index is 0.352. The maximum atomic E-state index is 5.63. The second-order valence-corrected chi connectivity index (χ2v) is 4.12. The van der Waals surface area contributed by atoms with Gasteiger partial charge in [0.25, 0.3) is 0 Å². The zero-order chi connectivity index (χ0) is 11.5. The highest BCUT2D eigenvalue weighted by Crippen LogP contribution is 2.27. The highest BCUT2D eigenvalue weighted by Gasteiger charge is 2.13. The van der Waals surface area contributed by atoms with Crippen LogP contribution >= 0.6 is 0 Å². The quantitative estimate of drug-likeness (QED) is 0.827. The molecule has 0 bridgehead atoms. The number of aromatic nitrogens is 2. The first kappa shape index (κ1) is 10.7. The Morgan fingerprint density at radius 1 is 1.31 bits per heavy atom. The molecule has 0 aliphatic rings. The van der Waals surface area contributed by atoms with Crippen molar-refractivity contribution in [2.24, 2.45) is 0 Å². The van der Waals surface area contributed by atoms with Crippen LogP contribution in [0.2, 0.25) is 0 Å². The molecule has 1 aromatic heterocycles. The molecule has 2 aromatic rings. The summed E-state index contributed by atoms with van der Waals surface area (Å²) >= 11 is 0. The van der Waals surface area contributed by atoms with Crippen LogP contribution in [0.4, 0.5) is 5.82 Å². The standard InChI is InChI=1S/C13H17N3/c1-3-11(12-8-13(14)16-15-12)10-6-4-9(2)5-7-10/h4-8,11H,3H2,1-2H3,(H3,14,15,16). The van der Waals surface area contributed by atoms with Crippen molar-refractivity contribution >= 4 is 5.82 Å². The van der Waals surface area contributed by atoms with Crippen molar-refractivity contribution in [2.75, 3.05) is 5.73 Å². The van der Waals surface area contributed by atoms with E-state index in [2.05, 4.69) is 48.3 Å². The van der Waals surface area contributed by atoms with E-state index in [1.165, 1.54) is 11.1 Å². The van der Waals surface area contributed by atoms with E-state index in [-0.39, 0.29) is 0 Å². The van der Waals surface area contributed by atoms with Crippen LogP contribution in [0, 0.1) is 6.92 Å². The number of anilines is 1. The second-order valence-electron chi connectivity index (χ2n) is 4.12. The predicted octanol–water partition coefficient (Wildman–Crippen LogP) is 2.84. The summed E-state index contributed by atoms with van der Waals surface area (Å²) in [4.78, 5) is 0. The van der Waals surface area contributed by atoms with Crippen LogP contribution in [0.15, 0.2) is 30.3 Å². The molecule has 0 fully saturated rings. The van der Waals surface area contributed by atoms with Gasteiger partial charge < -0.3 is 5.73 Å². The maximum absolute atomic E-state index is 5.63. The Hall–Kier alpha value is -1.77. The van der Waals surface area contributed by atoms with Gasteiger partial charge in [-0.1, -0.05) is 36.8 Å². The van der Waals surface area contributed by atoms with Crippen molar-refractivity contribution in [2.45, 2.75) is 26.2 Å². The van der Waals surface area contributed by atoms with Gasteiger partial charge in [-0.05, 0) is 18.9 Å². The van der Waals surface area contributed by atoms with E-state index in [0.717, 1.165) is 12.1 Å². The highest BCUT2D eigenvalue weighted by molar-refractivity contribution is 5.36. The molecule has 0 spiro atoms. The number of H-pyrrole nitrogens is 1. The normalized spacial score (nSPS) is 12.6. The van der Waals surface area contributed by atoms with Crippen molar-refractivity contribution in [3.8, 4) is 0 Å². The SMILES string of the molecule is CCC(c1ccc(C)cc1)c1cc(N)n[nH]1. The number of aryl methyl sites for hydroxylation is 1. The first-order valence-electron chi connectivity index (χ1n) is 5.58. The van der Waals surface area contributed by atoms with E-state index in [0.29, 0.717) is 11.7 Å². The zero-order valence-electron chi connectivity index (χ0n) is 9.70. The molecular formula is C13H17N3. The molecule has 1 atom stereocenters. The van der Waals surface area contributed by atoms with Crippen LogP contribution in [-0.2, 0) is 0 Å². The van der Waals surface area contributed by atoms with E-state index in [1.54, 1.807) is 0 Å². The van der Waals surface area contributed by atoms with Gasteiger partial charge in [0.15, 0.2) is 0 Å². The Kier molecular flexibility index (Phi) is 2.95. The molecule has 3 N–H and O–H groups in total. The molecule has 84 valence electrons. The van der Waals surface area contributed by atoms with Crippen molar-refractivity contribution in [3.05, 3.63) is 47.2 Å². The number of nitrogens with zero attached hydrogens (tertiary/aromatic N) is 1. The number of hydrogen-bond donors (Lipinski definition) is 2. The number of rotatable bonds is 3. The summed E-state index contributed by atoms with van der Waals surface area (Å²) in [7, 11) is 0. The van der Waals surface area contributed by atoms with E-state index >= 15 is 0 Å². The van der Waals surface area contributed by atoms with Crippen molar-refractivity contribution in [3.63, 3.8) is 0 Å². The van der Waals surface area contributed by atoms with Crippen LogP contribution in [0.3, 0.4) is 0 Å². The smallest absolute Gasteiger partial charge is 0.145 e. The van der Waals surface area contributed by atoms with E-state index in [9.17, 15) is 0 Å². The minimum atomic E-state index is 0.352. The Labute approximate surface area is 95.7 Å². The monoisotopic (exact) mass is 215 g/mol. The van der Waals surface area contributed by atoms with Crippen molar-refractivity contribution < 1.29 is 0 Å². The molecular weight excluding hydrogens is 198 g/mol. The fraction of sp³-hybridized carbons (Fsp3) is 0.308. The molecule has 1 heterocycles. The predicted molar refractivity (Wildman–Crippen MR) is 66.3 cm³/mol. The number of nitrogens with one attached hydrogen (secondary N) is 1.